The smallest absolute Gasteiger partial charge is 0.318 e. The zero-order chi connectivity index (χ0) is 16.2. The van der Waals surface area contributed by atoms with Crippen LogP contribution in [0.3, 0.4) is 0 Å². The lowest BCUT2D eigenvalue weighted by Crippen LogP contribution is -2.28. The number of carbonyl (C=O) groups is 1. The zero-order valence-electron chi connectivity index (χ0n) is 11.0. The van der Waals surface area contributed by atoms with Crippen LogP contribution < -0.4 is 4.72 Å². The molecule has 1 heterocycles. The molecule has 0 amide bonds. The number of rotatable bonds is 4. The summed E-state index contributed by atoms with van der Waals surface area (Å²) in [6.07, 6.45) is 0. The van der Waals surface area contributed by atoms with Gasteiger partial charge in [-0.1, -0.05) is 11.8 Å². The first-order valence-corrected chi connectivity index (χ1v) is 8.26. The summed E-state index contributed by atoms with van der Waals surface area (Å²) in [4.78, 5) is 10.9. The van der Waals surface area contributed by atoms with E-state index in [4.69, 9.17) is 5.11 Å². The van der Waals surface area contributed by atoms with E-state index >= 15 is 0 Å². The van der Waals surface area contributed by atoms with Gasteiger partial charge in [0.15, 0.2) is 0 Å². The lowest BCUT2D eigenvalue weighted by atomic mass is 10.2. The summed E-state index contributed by atoms with van der Waals surface area (Å²) in [6.45, 7) is -0.684. The lowest BCUT2D eigenvalue weighted by molar-refractivity contribution is -0.135. The second-order valence-electron chi connectivity index (χ2n) is 4.09. The van der Waals surface area contributed by atoms with E-state index in [-0.39, 0.29) is 10.0 Å². The number of benzene rings is 1. The minimum atomic E-state index is -3.85. The number of carboxylic acids is 1. The van der Waals surface area contributed by atoms with Crippen molar-refractivity contribution < 1.29 is 22.7 Å². The molecule has 0 saturated carbocycles. The molecule has 8 heteroatoms. The standard InChI is InChI=1S/C14H10FNO4S2/c15-11-4-1-10(2-5-11)3-6-12-7-8-14(21-12)22(19,20)16-9-13(17)18/h1-2,4-5,7-8,16H,9H2,(H,17,18). The third kappa shape index (κ3) is 4.39. The van der Waals surface area contributed by atoms with E-state index < -0.39 is 22.5 Å². The molecule has 0 unspecified atom stereocenters. The number of aliphatic carboxylic acids is 1. The van der Waals surface area contributed by atoms with Gasteiger partial charge in [0.2, 0.25) is 0 Å². The van der Waals surface area contributed by atoms with Crippen molar-refractivity contribution >= 4 is 27.3 Å². The molecular weight excluding hydrogens is 329 g/mol. The van der Waals surface area contributed by atoms with Gasteiger partial charge in [-0.15, -0.1) is 11.3 Å². The van der Waals surface area contributed by atoms with E-state index in [1.54, 1.807) is 0 Å². The molecule has 0 aliphatic carbocycles. The van der Waals surface area contributed by atoms with Crippen LogP contribution in [0.4, 0.5) is 4.39 Å². The largest absolute Gasteiger partial charge is 0.480 e. The minimum Gasteiger partial charge on any atom is -0.480 e. The maximum absolute atomic E-state index is 12.8. The first-order chi connectivity index (χ1) is 10.4. The van der Waals surface area contributed by atoms with Crippen molar-refractivity contribution in [2.75, 3.05) is 6.54 Å². The number of sulfonamides is 1. The summed E-state index contributed by atoms with van der Waals surface area (Å²) >= 11 is 0.923. The summed E-state index contributed by atoms with van der Waals surface area (Å²) in [5.74, 6) is 3.93. The molecule has 0 radical (unpaired) electrons. The molecule has 0 aliphatic rings. The number of thiophene rings is 1. The fourth-order valence-corrected chi connectivity index (χ4v) is 3.61. The molecule has 0 bridgehead atoms. The van der Waals surface area contributed by atoms with E-state index in [1.165, 1.54) is 36.4 Å². The molecule has 22 heavy (non-hydrogen) atoms. The van der Waals surface area contributed by atoms with Crippen molar-refractivity contribution in [3.05, 3.63) is 52.7 Å². The van der Waals surface area contributed by atoms with Crippen LogP contribution in [0.25, 0.3) is 0 Å². The van der Waals surface area contributed by atoms with E-state index in [1.807, 2.05) is 4.72 Å². The number of nitrogens with one attached hydrogen (secondary N) is 1. The fraction of sp³-hybridized carbons (Fsp3) is 0.0714. The van der Waals surface area contributed by atoms with Crippen LogP contribution >= 0.6 is 11.3 Å². The normalized spacial score (nSPS) is 10.8. The number of hydrogen-bond acceptors (Lipinski definition) is 4. The zero-order valence-corrected chi connectivity index (χ0v) is 12.7. The highest BCUT2D eigenvalue weighted by Crippen LogP contribution is 2.20. The van der Waals surface area contributed by atoms with Gasteiger partial charge in [0.25, 0.3) is 10.0 Å². The van der Waals surface area contributed by atoms with Crippen molar-refractivity contribution in [1.29, 1.82) is 0 Å². The van der Waals surface area contributed by atoms with Crippen LogP contribution in [0.15, 0.2) is 40.6 Å². The summed E-state index contributed by atoms with van der Waals surface area (Å²) in [7, 11) is -3.85. The quantitative estimate of drug-likeness (QED) is 0.830. The summed E-state index contributed by atoms with van der Waals surface area (Å²) in [5.41, 5.74) is 0.600. The monoisotopic (exact) mass is 339 g/mol. The van der Waals surface area contributed by atoms with Gasteiger partial charge in [-0.2, -0.15) is 4.72 Å². The van der Waals surface area contributed by atoms with Crippen molar-refractivity contribution in [3.63, 3.8) is 0 Å². The average molecular weight is 339 g/mol. The Hall–Kier alpha value is -2.21. The van der Waals surface area contributed by atoms with E-state index in [0.717, 1.165) is 11.3 Å². The second kappa shape index (κ2) is 6.70. The highest BCUT2D eigenvalue weighted by molar-refractivity contribution is 7.91. The number of hydrogen-bond donors (Lipinski definition) is 2. The molecule has 0 atom stereocenters. The van der Waals surface area contributed by atoms with Crippen molar-refractivity contribution in [1.82, 2.24) is 4.72 Å². The molecule has 0 aliphatic heterocycles. The molecule has 0 spiro atoms. The topological polar surface area (TPSA) is 83.5 Å². The fourth-order valence-electron chi connectivity index (χ4n) is 1.43. The Morgan fingerprint density at radius 1 is 1.18 bits per heavy atom. The van der Waals surface area contributed by atoms with Gasteiger partial charge < -0.3 is 5.11 Å². The number of carboxylic acid groups (broad SMARTS) is 1. The van der Waals surface area contributed by atoms with Gasteiger partial charge in [0, 0.05) is 5.56 Å². The molecule has 2 rings (SSSR count). The Balaban J connectivity index is 2.15. The minimum absolute atomic E-state index is 0.0165. The molecule has 2 aromatic rings. The molecule has 1 aromatic heterocycles. The van der Waals surface area contributed by atoms with Crippen LogP contribution in [0.2, 0.25) is 0 Å². The summed E-state index contributed by atoms with van der Waals surface area (Å²) < 4.78 is 38.3. The second-order valence-corrected chi connectivity index (χ2v) is 7.17. The Kier molecular flexibility index (Phi) is 4.92. The lowest BCUT2D eigenvalue weighted by Gasteiger charge is -2.00. The molecule has 0 saturated heterocycles. The molecule has 1 aromatic carbocycles. The SMILES string of the molecule is O=C(O)CNS(=O)(=O)c1ccc(C#Cc2ccc(F)cc2)s1. The van der Waals surface area contributed by atoms with Crippen molar-refractivity contribution in [2.45, 2.75) is 4.21 Å². The van der Waals surface area contributed by atoms with Gasteiger partial charge in [0.05, 0.1) is 4.88 Å². The maximum atomic E-state index is 12.8. The van der Waals surface area contributed by atoms with Crippen LogP contribution in [0.5, 0.6) is 0 Å². The van der Waals surface area contributed by atoms with Crippen LogP contribution in [-0.2, 0) is 14.8 Å². The highest BCUT2D eigenvalue weighted by atomic mass is 32.2. The Labute approximate surface area is 130 Å². The third-order valence-corrected chi connectivity index (χ3v) is 5.33. The van der Waals surface area contributed by atoms with Gasteiger partial charge >= 0.3 is 5.97 Å². The van der Waals surface area contributed by atoms with Crippen molar-refractivity contribution in [2.24, 2.45) is 0 Å². The van der Waals surface area contributed by atoms with Gasteiger partial charge in [0.1, 0.15) is 16.6 Å². The summed E-state index contributed by atoms with van der Waals surface area (Å²) in [6, 6.07) is 8.47. The molecule has 5 nitrogen and oxygen atoms in total. The summed E-state index contributed by atoms with van der Waals surface area (Å²) in [5, 5.41) is 8.49. The Morgan fingerprint density at radius 2 is 1.86 bits per heavy atom. The van der Waals surface area contributed by atoms with Crippen LogP contribution in [0, 0.1) is 17.7 Å². The maximum Gasteiger partial charge on any atom is 0.318 e. The van der Waals surface area contributed by atoms with Gasteiger partial charge in [-0.05, 0) is 36.4 Å². The van der Waals surface area contributed by atoms with E-state index in [2.05, 4.69) is 11.8 Å². The molecule has 114 valence electrons. The Bertz CT molecular complexity index is 845. The average Bonchev–Trinajstić information content (AvgIpc) is 2.94. The third-order valence-electron chi connectivity index (χ3n) is 2.43. The molecule has 2 N–H and O–H groups in total. The first-order valence-electron chi connectivity index (χ1n) is 5.96. The molecular formula is C14H10FNO4S2. The predicted molar refractivity (Wildman–Crippen MR) is 79.5 cm³/mol. The van der Waals surface area contributed by atoms with Crippen molar-refractivity contribution in [3.8, 4) is 11.8 Å². The van der Waals surface area contributed by atoms with Gasteiger partial charge in [-0.25, -0.2) is 12.8 Å². The predicted octanol–water partition coefficient (Wildman–Crippen LogP) is 1.65. The van der Waals surface area contributed by atoms with E-state index in [0.29, 0.717) is 10.4 Å². The van der Waals surface area contributed by atoms with Crippen LogP contribution in [-0.4, -0.2) is 26.0 Å². The molecule has 0 fully saturated rings. The van der Waals surface area contributed by atoms with Crippen LogP contribution in [0.1, 0.15) is 10.4 Å². The van der Waals surface area contributed by atoms with Gasteiger partial charge in [-0.3, -0.25) is 4.79 Å². The highest BCUT2D eigenvalue weighted by Gasteiger charge is 2.17. The van der Waals surface area contributed by atoms with E-state index in [9.17, 15) is 17.6 Å². The first kappa shape index (κ1) is 16.2. The number of halogens is 1. The Morgan fingerprint density at radius 3 is 2.50 bits per heavy atom.